The SMILES string of the molecule is CN(C)c1noc(CNC(=O)c2csc([N+](=O)[O-])c2)n1. The average Bonchev–Trinajstić information content (AvgIpc) is 3.05. The summed E-state index contributed by atoms with van der Waals surface area (Å²) < 4.78 is 4.93. The molecule has 20 heavy (non-hydrogen) atoms. The molecule has 9 nitrogen and oxygen atoms in total. The highest BCUT2D eigenvalue weighted by Gasteiger charge is 2.16. The molecule has 10 heteroatoms. The monoisotopic (exact) mass is 297 g/mol. The zero-order valence-electron chi connectivity index (χ0n) is 10.7. The number of hydrogen-bond donors (Lipinski definition) is 1. The number of nitrogens with one attached hydrogen (secondary N) is 1. The quantitative estimate of drug-likeness (QED) is 0.647. The smallest absolute Gasteiger partial charge is 0.324 e. The Balaban J connectivity index is 1.95. The van der Waals surface area contributed by atoms with Crippen LogP contribution in [0.5, 0.6) is 0 Å². The van der Waals surface area contributed by atoms with Gasteiger partial charge >= 0.3 is 5.00 Å². The average molecular weight is 297 g/mol. The molecule has 0 unspecified atom stereocenters. The number of nitro groups is 1. The molecule has 0 atom stereocenters. The molecule has 0 spiro atoms. The van der Waals surface area contributed by atoms with Gasteiger partial charge in [0, 0.05) is 25.5 Å². The summed E-state index contributed by atoms with van der Waals surface area (Å²) in [6, 6.07) is 1.22. The maximum atomic E-state index is 11.8. The van der Waals surface area contributed by atoms with Gasteiger partial charge in [-0.15, -0.1) is 0 Å². The zero-order valence-corrected chi connectivity index (χ0v) is 11.5. The number of hydrogen-bond acceptors (Lipinski definition) is 8. The molecule has 1 N–H and O–H groups in total. The summed E-state index contributed by atoms with van der Waals surface area (Å²) in [5.41, 5.74) is 0.231. The Labute approximate surface area is 117 Å². The second kappa shape index (κ2) is 5.65. The third kappa shape index (κ3) is 3.09. The lowest BCUT2D eigenvalue weighted by molar-refractivity contribution is -0.380. The van der Waals surface area contributed by atoms with Crippen LogP contribution in [-0.2, 0) is 6.54 Å². The predicted molar refractivity (Wildman–Crippen MR) is 70.8 cm³/mol. The van der Waals surface area contributed by atoms with Crippen LogP contribution in [0.2, 0.25) is 0 Å². The number of thiophene rings is 1. The maximum absolute atomic E-state index is 11.8. The Hall–Kier alpha value is -2.49. The molecule has 2 aromatic heterocycles. The fraction of sp³-hybridized carbons (Fsp3) is 0.300. The summed E-state index contributed by atoms with van der Waals surface area (Å²) >= 11 is 0.898. The molecule has 2 heterocycles. The van der Waals surface area contributed by atoms with Gasteiger partial charge in [-0.3, -0.25) is 14.9 Å². The number of carbonyl (C=O) groups excluding carboxylic acids is 1. The van der Waals surface area contributed by atoms with Crippen molar-refractivity contribution in [3.63, 3.8) is 0 Å². The molecule has 0 saturated heterocycles. The van der Waals surface area contributed by atoms with Crippen LogP contribution < -0.4 is 10.2 Å². The molecule has 0 radical (unpaired) electrons. The van der Waals surface area contributed by atoms with Gasteiger partial charge in [-0.25, -0.2) is 0 Å². The molecule has 2 rings (SSSR count). The van der Waals surface area contributed by atoms with Crippen molar-refractivity contribution in [2.24, 2.45) is 0 Å². The van der Waals surface area contributed by atoms with Gasteiger partial charge in [0.1, 0.15) is 0 Å². The molecular formula is C10H11N5O4S. The molecule has 0 saturated carbocycles. The van der Waals surface area contributed by atoms with E-state index >= 15 is 0 Å². The van der Waals surface area contributed by atoms with E-state index in [1.807, 2.05) is 0 Å². The Morgan fingerprint density at radius 1 is 1.60 bits per heavy atom. The summed E-state index contributed by atoms with van der Waals surface area (Å²) in [5, 5.41) is 18.1. The number of aromatic nitrogens is 2. The molecule has 0 aliphatic heterocycles. The molecule has 2 aromatic rings. The van der Waals surface area contributed by atoms with Crippen molar-refractivity contribution in [1.82, 2.24) is 15.5 Å². The van der Waals surface area contributed by atoms with Crippen molar-refractivity contribution in [3.05, 3.63) is 33.0 Å². The van der Waals surface area contributed by atoms with E-state index < -0.39 is 10.8 Å². The van der Waals surface area contributed by atoms with Gasteiger partial charge in [0.15, 0.2) is 0 Å². The van der Waals surface area contributed by atoms with Gasteiger partial charge in [-0.05, 0) is 5.16 Å². The van der Waals surface area contributed by atoms with E-state index in [1.165, 1.54) is 11.4 Å². The zero-order chi connectivity index (χ0) is 14.7. The molecule has 0 aliphatic rings. The van der Waals surface area contributed by atoms with Crippen molar-refractivity contribution in [3.8, 4) is 0 Å². The lowest BCUT2D eigenvalue weighted by Crippen LogP contribution is -2.22. The molecule has 106 valence electrons. The van der Waals surface area contributed by atoms with Crippen molar-refractivity contribution >= 4 is 28.2 Å². The Kier molecular flexibility index (Phi) is 3.94. The Morgan fingerprint density at radius 3 is 2.90 bits per heavy atom. The second-order valence-electron chi connectivity index (χ2n) is 4.00. The fourth-order valence-corrected chi connectivity index (χ4v) is 2.00. The minimum absolute atomic E-state index is 0.0588. The summed E-state index contributed by atoms with van der Waals surface area (Å²) in [6.07, 6.45) is 0. The molecule has 0 fully saturated rings. The van der Waals surface area contributed by atoms with E-state index in [9.17, 15) is 14.9 Å². The summed E-state index contributed by atoms with van der Waals surface area (Å²) in [6.45, 7) is 0.0588. The third-order valence-corrected chi connectivity index (χ3v) is 3.17. The van der Waals surface area contributed by atoms with Crippen molar-refractivity contribution in [2.75, 3.05) is 19.0 Å². The normalized spacial score (nSPS) is 10.3. The number of rotatable bonds is 5. The van der Waals surface area contributed by atoms with Crippen LogP contribution in [0.15, 0.2) is 16.0 Å². The van der Waals surface area contributed by atoms with Crippen LogP contribution in [0.25, 0.3) is 0 Å². The number of amides is 1. The van der Waals surface area contributed by atoms with Crippen LogP contribution >= 0.6 is 11.3 Å². The highest BCUT2D eigenvalue weighted by molar-refractivity contribution is 7.13. The Bertz CT molecular complexity index is 635. The van der Waals surface area contributed by atoms with Crippen molar-refractivity contribution in [2.45, 2.75) is 6.54 Å². The van der Waals surface area contributed by atoms with Crippen molar-refractivity contribution < 1.29 is 14.2 Å². The van der Waals surface area contributed by atoms with Crippen molar-refractivity contribution in [1.29, 1.82) is 0 Å². The van der Waals surface area contributed by atoms with E-state index in [2.05, 4.69) is 15.5 Å². The first kappa shape index (κ1) is 13.9. The van der Waals surface area contributed by atoms with E-state index in [0.717, 1.165) is 11.3 Å². The fourth-order valence-electron chi connectivity index (χ4n) is 1.30. The summed E-state index contributed by atoms with van der Waals surface area (Å²) in [5.74, 6) is 0.228. The highest BCUT2D eigenvalue weighted by atomic mass is 32.1. The van der Waals surface area contributed by atoms with Crippen LogP contribution in [0.1, 0.15) is 16.2 Å². The van der Waals surface area contributed by atoms with Crippen LogP contribution in [0, 0.1) is 10.1 Å². The molecular weight excluding hydrogens is 286 g/mol. The number of carbonyl (C=O) groups is 1. The molecule has 0 bridgehead atoms. The Morgan fingerprint density at radius 2 is 2.35 bits per heavy atom. The largest absolute Gasteiger partial charge is 0.344 e. The maximum Gasteiger partial charge on any atom is 0.324 e. The lowest BCUT2D eigenvalue weighted by atomic mass is 10.3. The first-order chi connectivity index (χ1) is 9.47. The first-order valence-electron chi connectivity index (χ1n) is 5.48. The third-order valence-electron chi connectivity index (χ3n) is 2.29. The second-order valence-corrected chi connectivity index (χ2v) is 4.89. The van der Waals surface area contributed by atoms with Gasteiger partial charge in [-0.1, -0.05) is 11.3 Å². The number of anilines is 1. The van der Waals surface area contributed by atoms with Crippen LogP contribution in [0.3, 0.4) is 0 Å². The number of nitrogens with zero attached hydrogens (tertiary/aromatic N) is 4. The molecule has 1 amide bonds. The lowest BCUT2D eigenvalue weighted by Gasteiger charge is -2.02. The van der Waals surface area contributed by atoms with Gasteiger partial charge in [-0.2, -0.15) is 4.98 Å². The standard InChI is InChI=1S/C10H11N5O4S/c1-14(2)10-12-7(19-13-10)4-11-9(16)6-3-8(15(17)18)20-5-6/h3,5H,4H2,1-2H3,(H,11,16). The minimum atomic E-state index is -0.539. The van der Waals surface area contributed by atoms with Gasteiger partial charge in [0.05, 0.1) is 17.0 Å². The van der Waals surface area contributed by atoms with Crippen LogP contribution in [0.4, 0.5) is 10.9 Å². The summed E-state index contributed by atoms with van der Waals surface area (Å²) in [7, 11) is 3.52. The first-order valence-corrected chi connectivity index (χ1v) is 6.36. The predicted octanol–water partition coefficient (Wildman–Crippen LogP) is 1.04. The van der Waals surface area contributed by atoms with Crippen LogP contribution in [-0.4, -0.2) is 35.1 Å². The van der Waals surface area contributed by atoms with Gasteiger partial charge in [0.25, 0.3) is 11.9 Å². The van der Waals surface area contributed by atoms with Gasteiger partial charge in [0.2, 0.25) is 5.89 Å². The minimum Gasteiger partial charge on any atom is -0.344 e. The van der Waals surface area contributed by atoms with E-state index in [0.29, 0.717) is 5.95 Å². The van der Waals surface area contributed by atoms with E-state index in [1.54, 1.807) is 19.0 Å². The van der Waals surface area contributed by atoms with E-state index in [4.69, 9.17) is 4.52 Å². The molecule has 0 aliphatic carbocycles. The topological polar surface area (TPSA) is 114 Å². The highest BCUT2D eigenvalue weighted by Crippen LogP contribution is 2.22. The summed E-state index contributed by atoms with van der Waals surface area (Å²) in [4.78, 5) is 27.5. The van der Waals surface area contributed by atoms with E-state index in [-0.39, 0.29) is 23.0 Å². The van der Waals surface area contributed by atoms with Gasteiger partial charge < -0.3 is 14.7 Å². The molecule has 0 aromatic carbocycles.